The van der Waals surface area contributed by atoms with Gasteiger partial charge in [-0.3, -0.25) is 9.59 Å². The predicted octanol–water partition coefficient (Wildman–Crippen LogP) is 1.58. The van der Waals surface area contributed by atoms with Gasteiger partial charge in [-0.15, -0.1) is 0 Å². The molecule has 1 N–H and O–H groups in total. The number of nitrogens with zero attached hydrogens (tertiary/aromatic N) is 3. The Bertz CT molecular complexity index is 688. The lowest BCUT2D eigenvalue weighted by Crippen LogP contribution is -2.44. The van der Waals surface area contributed by atoms with Crippen LogP contribution in [0.2, 0.25) is 0 Å². The van der Waals surface area contributed by atoms with Gasteiger partial charge in [0, 0.05) is 45.7 Å². The summed E-state index contributed by atoms with van der Waals surface area (Å²) in [4.78, 5) is 31.6. The van der Waals surface area contributed by atoms with Gasteiger partial charge in [-0.05, 0) is 45.5 Å². The molecular weight excluding hydrogens is 368 g/mol. The number of unbranched alkanes of at least 4 members (excludes halogenated alkanes) is 1. The van der Waals surface area contributed by atoms with Crippen LogP contribution in [0.15, 0.2) is 24.3 Å². The van der Waals surface area contributed by atoms with Crippen LogP contribution < -0.4 is 15.0 Å². The van der Waals surface area contributed by atoms with Crippen LogP contribution in [0.25, 0.3) is 0 Å². The molecule has 1 unspecified atom stereocenters. The van der Waals surface area contributed by atoms with Crippen molar-refractivity contribution >= 4 is 17.5 Å². The van der Waals surface area contributed by atoms with Gasteiger partial charge in [-0.1, -0.05) is 12.1 Å². The van der Waals surface area contributed by atoms with Gasteiger partial charge in [-0.2, -0.15) is 0 Å². The van der Waals surface area contributed by atoms with Gasteiger partial charge in [0.1, 0.15) is 5.75 Å². The molecule has 2 fully saturated rings. The number of benzene rings is 1. The quantitative estimate of drug-likeness (QED) is 0.636. The van der Waals surface area contributed by atoms with Gasteiger partial charge in [0.05, 0.1) is 18.2 Å². The van der Waals surface area contributed by atoms with Crippen molar-refractivity contribution in [2.75, 3.05) is 64.4 Å². The molecule has 3 rings (SSSR count). The van der Waals surface area contributed by atoms with E-state index in [1.54, 1.807) is 4.90 Å². The molecule has 160 valence electrons. The minimum Gasteiger partial charge on any atom is -0.492 e. The fourth-order valence-electron chi connectivity index (χ4n) is 3.96. The molecule has 0 radical (unpaired) electrons. The Kier molecular flexibility index (Phi) is 7.89. The number of anilines is 1. The molecule has 2 aliphatic rings. The number of likely N-dealkylation sites (N-methyl/N-ethyl adjacent to an activating group) is 1. The number of para-hydroxylation sites is 2. The molecule has 0 bridgehead atoms. The Morgan fingerprint density at radius 3 is 2.69 bits per heavy atom. The molecule has 0 aromatic heterocycles. The highest BCUT2D eigenvalue weighted by Crippen LogP contribution is 2.33. The number of hydrogen-bond acceptors (Lipinski definition) is 5. The smallest absolute Gasteiger partial charge is 0.227 e. The Morgan fingerprint density at radius 1 is 1.17 bits per heavy atom. The number of carbonyl (C=O) groups is 2. The molecule has 0 spiro atoms. The summed E-state index contributed by atoms with van der Waals surface area (Å²) in [7, 11) is 2.16. The van der Waals surface area contributed by atoms with Crippen molar-refractivity contribution in [1.29, 1.82) is 0 Å². The Morgan fingerprint density at radius 2 is 1.93 bits per heavy atom. The van der Waals surface area contributed by atoms with Crippen LogP contribution in [-0.4, -0.2) is 81.1 Å². The molecule has 29 heavy (non-hydrogen) atoms. The number of amides is 2. The highest BCUT2D eigenvalue weighted by molar-refractivity contribution is 6.01. The number of piperazine rings is 1. The van der Waals surface area contributed by atoms with Crippen LogP contribution in [0.5, 0.6) is 5.75 Å². The van der Waals surface area contributed by atoms with Crippen LogP contribution in [0.3, 0.4) is 0 Å². The minimum absolute atomic E-state index is 0.0191. The van der Waals surface area contributed by atoms with Crippen molar-refractivity contribution in [3.05, 3.63) is 24.3 Å². The van der Waals surface area contributed by atoms with Gasteiger partial charge < -0.3 is 24.8 Å². The Hall–Kier alpha value is -2.12. The first-order chi connectivity index (χ1) is 14.1. The second kappa shape index (κ2) is 10.6. The molecule has 0 aliphatic carbocycles. The zero-order chi connectivity index (χ0) is 20.6. The lowest BCUT2D eigenvalue weighted by Gasteiger charge is -2.32. The van der Waals surface area contributed by atoms with E-state index in [1.807, 2.05) is 31.2 Å². The highest BCUT2D eigenvalue weighted by atomic mass is 16.5. The van der Waals surface area contributed by atoms with Crippen molar-refractivity contribution in [2.45, 2.75) is 26.2 Å². The molecule has 7 heteroatoms. The first kappa shape index (κ1) is 21.6. The van der Waals surface area contributed by atoms with Crippen LogP contribution in [0, 0.1) is 5.92 Å². The van der Waals surface area contributed by atoms with E-state index in [1.165, 1.54) is 0 Å². The largest absolute Gasteiger partial charge is 0.492 e. The summed E-state index contributed by atoms with van der Waals surface area (Å²) < 4.78 is 5.64. The van der Waals surface area contributed by atoms with Gasteiger partial charge in [0.2, 0.25) is 11.8 Å². The molecule has 7 nitrogen and oxygen atoms in total. The highest BCUT2D eigenvalue weighted by Gasteiger charge is 2.36. The summed E-state index contributed by atoms with van der Waals surface area (Å²) in [5.74, 6) is 0.352. The lowest BCUT2D eigenvalue weighted by molar-refractivity contribution is -0.126. The number of carbonyl (C=O) groups excluding carboxylic acids is 2. The van der Waals surface area contributed by atoms with E-state index in [9.17, 15) is 9.59 Å². The monoisotopic (exact) mass is 402 g/mol. The maximum atomic E-state index is 12.5. The van der Waals surface area contributed by atoms with E-state index < -0.39 is 0 Å². The van der Waals surface area contributed by atoms with E-state index in [-0.39, 0.29) is 24.2 Å². The van der Waals surface area contributed by atoms with Crippen molar-refractivity contribution < 1.29 is 14.3 Å². The molecular formula is C22H34N4O3. The summed E-state index contributed by atoms with van der Waals surface area (Å²) in [6, 6.07) is 7.52. The minimum atomic E-state index is -0.296. The SMILES string of the molecule is CCOc1ccccc1N1CC(C(=O)NCCCCN2CCN(C)CC2)CC1=O. The maximum absolute atomic E-state index is 12.5. The van der Waals surface area contributed by atoms with E-state index in [0.29, 0.717) is 25.4 Å². The average molecular weight is 403 g/mol. The van der Waals surface area contributed by atoms with Crippen LogP contribution in [0.4, 0.5) is 5.69 Å². The Labute approximate surface area is 174 Å². The van der Waals surface area contributed by atoms with Crippen LogP contribution in [0.1, 0.15) is 26.2 Å². The van der Waals surface area contributed by atoms with Crippen LogP contribution in [-0.2, 0) is 9.59 Å². The number of rotatable bonds is 9. The maximum Gasteiger partial charge on any atom is 0.227 e. The van der Waals surface area contributed by atoms with E-state index in [0.717, 1.165) is 51.3 Å². The second-order valence-electron chi connectivity index (χ2n) is 7.95. The van der Waals surface area contributed by atoms with Crippen molar-refractivity contribution in [3.63, 3.8) is 0 Å². The molecule has 1 aromatic carbocycles. The Balaban J connectivity index is 1.40. The third-order valence-corrected chi connectivity index (χ3v) is 5.75. The fraction of sp³-hybridized carbons (Fsp3) is 0.636. The molecule has 2 aliphatic heterocycles. The van der Waals surface area contributed by atoms with Crippen molar-refractivity contribution in [1.82, 2.24) is 15.1 Å². The lowest BCUT2D eigenvalue weighted by atomic mass is 10.1. The second-order valence-corrected chi connectivity index (χ2v) is 7.95. The molecule has 2 amide bonds. The summed E-state index contributed by atoms with van der Waals surface area (Å²) in [5.41, 5.74) is 0.752. The summed E-state index contributed by atoms with van der Waals surface area (Å²) >= 11 is 0. The third kappa shape index (κ3) is 5.93. The molecule has 2 heterocycles. The summed E-state index contributed by atoms with van der Waals surface area (Å²) in [5, 5.41) is 3.03. The van der Waals surface area contributed by atoms with Crippen molar-refractivity contribution in [3.8, 4) is 5.75 Å². The first-order valence-electron chi connectivity index (χ1n) is 10.8. The van der Waals surface area contributed by atoms with E-state index in [2.05, 4.69) is 22.2 Å². The summed E-state index contributed by atoms with van der Waals surface area (Å²) in [6.07, 6.45) is 2.31. The predicted molar refractivity (Wildman–Crippen MR) is 114 cm³/mol. The van der Waals surface area contributed by atoms with Gasteiger partial charge in [0.25, 0.3) is 0 Å². The van der Waals surface area contributed by atoms with Crippen molar-refractivity contribution in [2.24, 2.45) is 5.92 Å². The average Bonchev–Trinajstić information content (AvgIpc) is 3.11. The number of nitrogens with one attached hydrogen (secondary N) is 1. The van der Waals surface area contributed by atoms with Gasteiger partial charge in [-0.25, -0.2) is 0 Å². The third-order valence-electron chi connectivity index (χ3n) is 5.75. The summed E-state index contributed by atoms with van der Waals surface area (Å²) in [6.45, 7) is 9.17. The number of hydrogen-bond donors (Lipinski definition) is 1. The van der Waals surface area contributed by atoms with Gasteiger partial charge >= 0.3 is 0 Å². The van der Waals surface area contributed by atoms with E-state index in [4.69, 9.17) is 4.74 Å². The number of ether oxygens (including phenoxy) is 1. The zero-order valence-electron chi connectivity index (χ0n) is 17.7. The normalized spacial score (nSPS) is 20.8. The van der Waals surface area contributed by atoms with Crippen LogP contribution >= 0.6 is 0 Å². The van der Waals surface area contributed by atoms with E-state index >= 15 is 0 Å². The standard InChI is InChI=1S/C22H34N4O3/c1-3-29-20-9-5-4-8-19(20)26-17-18(16-21(26)27)22(28)23-10-6-7-11-25-14-12-24(2)13-15-25/h4-5,8-9,18H,3,6-7,10-17H2,1-2H3,(H,23,28). The molecule has 1 aromatic rings. The van der Waals surface area contributed by atoms with Gasteiger partial charge in [0.15, 0.2) is 0 Å². The first-order valence-corrected chi connectivity index (χ1v) is 10.8. The molecule has 0 saturated carbocycles. The fourth-order valence-corrected chi connectivity index (χ4v) is 3.96. The zero-order valence-corrected chi connectivity index (χ0v) is 17.7. The topological polar surface area (TPSA) is 65.1 Å². The molecule has 1 atom stereocenters. The molecule has 2 saturated heterocycles.